The van der Waals surface area contributed by atoms with E-state index in [-0.39, 0.29) is 5.41 Å². The molecule has 10 heteroatoms. The lowest BCUT2D eigenvalue weighted by atomic mass is 9.97. The summed E-state index contributed by atoms with van der Waals surface area (Å²) in [7, 11) is 1.96. The summed E-state index contributed by atoms with van der Waals surface area (Å²) in [4.78, 5) is 2.50. The molecule has 5 rings (SSSR count). The van der Waals surface area contributed by atoms with Gasteiger partial charge in [-0.15, -0.1) is 10.2 Å². The average molecular weight is 475 g/mol. The largest absolute Gasteiger partial charge is 0.416 e. The molecule has 0 amide bonds. The summed E-state index contributed by atoms with van der Waals surface area (Å²) in [6, 6.07) is 7.63. The van der Waals surface area contributed by atoms with Gasteiger partial charge in [0.05, 0.1) is 18.0 Å². The van der Waals surface area contributed by atoms with Crippen LogP contribution in [0.4, 0.5) is 13.2 Å². The Morgan fingerprint density at radius 2 is 1.94 bits per heavy atom. The van der Waals surface area contributed by atoms with Crippen LogP contribution in [0.25, 0.3) is 11.4 Å². The number of rotatable bonds is 7. The van der Waals surface area contributed by atoms with E-state index in [1.165, 1.54) is 12.1 Å². The summed E-state index contributed by atoms with van der Waals surface area (Å²) in [6.45, 7) is 3.12. The highest BCUT2D eigenvalue weighted by Crippen LogP contribution is 2.64. The fourth-order valence-corrected chi connectivity index (χ4v) is 5.75. The molecule has 2 aliphatic rings. The normalized spacial score (nSPS) is 22.8. The molecule has 0 N–H and O–H groups in total. The predicted octanol–water partition coefficient (Wildman–Crippen LogP) is 4.65. The molecule has 3 heterocycles. The highest BCUT2D eigenvalue weighted by molar-refractivity contribution is 7.99. The van der Waals surface area contributed by atoms with Crippen LogP contribution < -0.4 is 0 Å². The van der Waals surface area contributed by atoms with E-state index in [1.54, 1.807) is 36.3 Å². The zero-order chi connectivity index (χ0) is 23.1. The lowest BCUT2D eigenvalue weighted by Gasteiger charge is -2.16. The highest BCUT2D eigenvalue weighted by atomic mass is 32.2. The summed E-state index contributed by atoms with van der Waals surface area (Å²) in [5.41, 5.74) is 1.62. The van der Waals surface area contributed by atoms with E-state index in [1.807, 2.05) is 17.7 Å². The van der Waals surface area contributed by atoms with Crippen LogP contribution in [0.2, 0.25) is 0 Å². The number of likely N-dealkylation sites (tertiary alicyclic amines) is 1. The Kier molecular flexibility index (Phi) is 5.90. The van der Waals surface area contributed by atoms with Crippen molar-refractivity contribution >= 4 is 11.8 Å². The quantitative estimate of drug-likeness (QED) is 0.367. The third-order valence-corrected chi connectivity index (χ3v) is 7.93. The second-order valence-electron chi connectivity index (χ2n) is 8.96. The molecular formula is C23H25F3N6S. The first kappa shape index (κ1) is 22.3. The Labute approximate surface area is 194 Å². The van der Waals surface area contributed by atoms with Gasteiger partial charge in [0.2, 0.25) is 0 Å². The van der Waals surface area contributed by atoms with Crippen LogP contribution in [0.3, 0.4) is 0 Å². The van der Waals surface area contributed by atoms with E-state index in [2.05, 4.69) is 25.3 Å². The van der Waals surface area contributed by atoms with E-state index in [0.717, 1.165) is 66.8 Å². The second kappa shape index (κ2) is 8.72. The number of thioether (sulfide) groups is 1. The Balaban J connectivity index is 1.09. The van der Waals surface area contributed by atoms with Crippen LogP contribution in [-0.2, 0) is 13.2 Å². The molecule has 3 aromatic rings. The van der Waals surface area contributed by atoms with Gasteiger partial charge in [-0.2, -0.15) is 23.4 Å². The third-order valence-electron chi connectivity index (χ3n) is 6.82. The van der Waals surface area contributed by atoms with Crippen LogP contribution in [-0.4, -0.2) is 55.2 Å². The molecule has 2 fully saturated rings. The Hall–Kier alpha value is -2.46. The minimum atomic E-state index is -4.27. The Morgan fingerprint density at radius 1 is 1.12 bits per heavy atom. The minimum absolute atomic E-state index is 0.254. The highest BCUT2D eigenvalue weighted by Gasteiger charge is 2.57. The summed E-state index contributed by atoms with van der Waals surface area (Å²) in [5.74, 6) is 2.11. The first-order chi connectivity index (χ1) is 15.9. The molecular weight excluding hydrogens is 449 g/mol. The number of hydrogen-bond donors (Lipinski definition) is 0. The molecule has 0 bridgehead atoms. The molecule has 2 aromatic heterocycles. The molecule has 1 spiro atoms. The van der Waals surface area contributed by atoms with Crippen molar-refractivity contribution in [3.8, 4) is 11.4 Å². The van der Waals surface area contributed by atoms with Gasteiger partial charge >= 0.3 is 6.18 Å². The number of aromatic nitrogens is 5. The molecule has 0 radical (unpaired) electrons. The SMILES string of the molecule is Cn1c(SCCCN2CCC3(CC3c3ccc(C(F)(F)F)cc3)C2)nnc1-c1ccnnc1. The first-order valence-electron chi connectivity index (χ1n) is 11.0. The topological polar surface area (TPSA) is 59.7 Å². The smallest absolute Gasteiger partial charge is 0.305 e. The summed E-state index contributed by atoms with van der Waals surface area (Å²) >= 11 is 1.70. The van der Waals surface area contributed by atoms with Crippen molar-refractivity contribution in [2.24, 2.45) is 12.5 Å². The lowest BCUT2D eigenvalue weighted by Crippen LogP contribution is -2.23. The molecule has 2 atom stereocenters. The first-order valence-corrected chi connectivity index (χ1v) is 12.0. The predicted molar refractivity (Wildman–Crippen MR) is 120 cm³/mol. The summed E-state index contributed by atoms with van der Waals surface area (Å²) in [6.07, 6.45) is 2.29. The van der Waals surface area contributed by atoms with Gasteiger partial charge in [0, 0.05) is 24.9 Å². The van der Waals surface area contributed by atoms with Crippen LogP contribution in [0.5, 0.6) is 0 Å². The van der Waals surface area contributed by atoms with Gasteiger partial charge in [0.25, 0.3) is 0 Å². The van der Waals surface area contributed by atoms with Crippen molar-refractivity contribution in [1.29, 1.82) is 0 Å². The van der Waals surface area contributed by atoms with Crippen molar-refractivity contribution in [2.45, 2.75) is 36.5 Å². The van der Waals surface area contributed by atoms with Crippen LogP contribution in [0.15, 0.2) is 47.9 Å². The van der Waals surface area contributed by atoms with Gasteiger partial charge < -0.3 is 9.47 Å². The maximum Gasteiger partial charge on any atom is 0.416 e. The van der Waals surface area contributed by atoms with Crippen molar-refractivity contribution in [2.75, 3.05) is 25.4 Å². The van der Waals surface area contributed by atoms with E-state index in [0.29, 0.717) is 5.92 Å². The number of benzene rings is 1. The number of hydrogen-bond acceptors (Lipinski definition) is 6. The number of alkyl halides is 3. The molecule has 1 aliphatic heterocycles. The third kappa shape index (κ3) is 4.63. The monoisotopic (exact) mass is 474 g/mol. The molecule has 1 saturated carbocycles. The van der Waals surface area contributed by atoms with E-state index >= 15 is 0 Å². The molecule has 1 aromatic carbocycles. The molecule has 1 aliphatic carbocycles. The van der Waals surface area contributed by atoms with Gasteiger partial charge in [0.15, 0.2) is 11.0 Å². The minimum Gasteiger partial charge on any atom is -0.305 e. The van der Waals surface area contributed by atoms with Gasteiger partial charge in [-0.05, 0) is 67.4 Å². The van der Waals surface area contributed by atoms with Crippen molar-refractivity contribution in [3.63, 3.8) is 0 Å². The van der Waals surface area contributed by atoms with Crippen molar-refractivity contribution in [1.82, 2.24) is 29.9 Å². The molecule has 6 nitrogen and oxygen atoms in total. The maximum atomic E-state index is 12.8. The Bertz CT molecular complexity index is 1100. The van der Waals surface area contributed by atoms with Crippen LogP contribution >= 0.6 is 11.8 Å². The standard InChI is InChI=1S/C23H25F3N6S/c1-31-20(17-7-9-27-28-14-17)29-30-21(31)33-12-2-10-32-11-8-22(15-32)13-19(22)16-3-5-18(6-4-16)23(24,25)26/h3-7,9,14,19H,2,8,10-13,15H2,1H3. The molecule has 2 unspecified atom stereocenters. The van der Waals surface area contributed by atoms with Gasteiger partial charge in [-0.3, -0.25) is 0 Å². The number of halogens is 3. The van der Waals surface area contributed by atoms with Gasteiger partial charge in [-0.1, -0.05) is 23.9 Å². The van der Waals surface area contributed by atoms with Gasteiger partial charge in [-0.25, -0.2) is 0 Å². The van der Waals surface area contributed by atoms with Crippen LogP contribution in [0.1, 0.15) is 36.3 Å². The zero-order valence-corrected chi connectivity index (χ0v) is 19.1. The van der Waals surface area contributed by atoms with Gasteiger partial charge in [0.1, 0.15) is 0 Å². The van der Waals surface area contributed by atoms with E-state index in [9.17, 15) is 13.2 Å². The molecule has 33 heavy (non-hydrogen) atoms. The molecule has 1 saturated heterocycles. The summed E-state index contributed by atoms with van der Waals surface area (Å²) in [5, 5.41) is 17.2. The zero-order valence-electron chi connectivity index (χ0n) is 18.3. The maximum absolute atomic E-state index is 12.8. The van der Waals surface area contributed by atoms with Crippen molar-refractivity contribution in [3.05, 3.63) is 53.9 Å². The van der Waals surface area contributed by atoms with Crippen molar-refractivity contribution < 1.29 is 13.2 Å². The van der Waals surface area contributed by atoms with E-state index < -0.39 is 11.7 Å². The fourth-order valence-electron chi connectivity index (χ4n) is 4.92. The molecule has 174 valence electrons. The summed E-state index contributed by atoms with van der Waals surface area (Å²) < 4.78 is 40.4. The fraction of sp³-hybridized carbons (Fsp3) is 0.478. The van der Waals surface area contributed by atoms with Crippen LogP contribution in [0, 0.1) is 5.41 Å². The van der Waals surface area contributed by atoms with E-state index in [4.69, 9.17) is 0 Å². The second-order valence-corrected chi connectivity index (χ2v) is 10.0. The number of nitrogens with zero attached hydrogens (tertiary/aromatic N) is 6. The lowest BCUT2D eigenvalue weighted by molar-refractivity contribution is -0.137. The average Bonchev–Trinajstić information content (AvgIpc) is 3.15. The Morgan fingerprint density at radius 3 is 2.67 bits per heavy atom.